The lowest BCUT2D eigenvalue weighted by molar-refractivity contribution is 0.375. The first-order valence-corrected chi connectivity index (χ1v) is 8.24. The quantitative estimate of drug-likeness (QED) is 0.355. The summed E-state index contributed by atoms with van der Waals surface area (Å²) in [6.45, 7) is 0. The third-order valence-corrected chi connectivity index (χ3v) is 5.06. The van der Waals surface area contributed by atoms with E-state index in [1.165, 1.54) is 13.2 Å². The van der Waals surface area contributed by atoms with E-state index in [9.17, 15) is 35.5 Å². The predicted octanol–water partition coefficient (Wildman–Crippen LogP) is 3.35. The van der Waals surface area contributed by atoms with Gasteiger partial charge in [0.25, 0.3) is 10.0 Å². The second-order valence-electron chi connectivity index (χ2n) is 5.14. The maximum Gasteiger partial charge on any atom is 0.262 e. The maximum atomic E-state index is 13.8. The number of aromatic hydroxyl groups is 1. The Bertz CT molecular complexity index is 1050. The number of methoxy groups -OCH3 is 1. The van der Waals surface area contributed by atoms with E-state index in [1.54, 1.807) is 0 Å². The molecule has 0 aromatic heterocycles. The highest BCUT2D eigenvalue weighted by atomic mass is 32.2. The van der Waals surface area contributed by atoms with Crippen molar-refractivity contribution in [1.29, 1.82) is 0 Å². The Kier molecular flexibility index (Phi) is 4.06. The van der Waals surface area contributed by atoms with Gasteiger partial charge in [0.15, 0.2) is 34.8 Å². The zero-order valence-electron chi connectivity index (χ0n) is 12.7. The highest BCUT2D eigenvalue weighted by Crippen LogP contribution is 2.47. The fourth-order valence-corrected chi connectivity index (χ4v) is 3.73. The lowest BCUT2D eigenvalue weighted by Crippen LogP contribution is -2.07. The molecule has 1 aliphatic heterocycles. The van der Waals surface area contributed by atoms with Crippen molar-refractivity contribution in [2.24, 2.45) is 0 Å². The number of benzene rings is 2. The van der Waals surface area contributed by atoms with Crippen molar-refractivity contribution in [3.8, 4) is 11.5 Å². The summed E-state index contributed by atoms with van der Waals surface area (Å²) >= 11 is 0. The molecule has 2 aromatic carbocycles. The molecule has 0 fully saturated rings. The minimum atomic E-state index is -4.44. The molecule has 2 N–H and O–H groups in total. The number of phenolic OH excluding ortho intramolecular Hbond substituents is 1. The van der Waals surface area contributed by atoms with Gasteiger partial charge in [0.2, 0.25) is 5.82 Å². The van der Waals surface area contributed by atoms with E-state index in [0.717, 1.165) is 6.07 Å². The summed E-state index contributed by atoms with van der Waals surface area (Å²) in [6.07, 6.45) is 0.302. The largest absolute Gasteiger partial charge is 0.503 e. The van der Waals surface area contributed by atoms with E-state index in [1.807, 2.05) is 4.72 Å². The minimum Gasteiger partial charge on any atom is -0.503 e. The van der Waals surface area contributed by atoms with E-state index in [-0.39, 0.29) is 17.0 Å². The number of ether oxygens (including phenoxy) is 1. The van der Waals surface area contributed by atoms with Crippen molar-refractivity contribution in [1.82, 2.24) is 0 Å². The number of nitrogens with one attached hydrogen (secondary N) is 1. The molecule has 0 aliphatic carbocycles. The van der Waals surface area contributed by atoms with Crippen LogP contribution in [-0.4, -0.2) is 20.6 Å². The van der Waals surface area contributed by atoms with Gasteiger partial charge in [-0.3, -0.25) is 4.72 Å². The zero-order valence-corrected chi connectivity index (χ0v) is 13.5. The smallest absolute Gasteiger partial charge is 0.262 e. The number of halogens is 5. The summed E-state index contributed by atoms with van der Waals surface area (Å²) in [5.74, 6) is -11.9. The van der Waals surface area contributed by atoms with Crippen LogP contribution in [0.3, 0.4) is 0 Å². The van der Waals surface area contributed by atoms with Crippen LogP contribution in [0.15, 0.2) is 12.1 Å². The summed E-state index contributed by atoms with van der Waals surface area (Å²) < 4.78 is 98.5. The topological polar surface area (TPSA) is 75.6 Å². The van der Waals surface area contributed by atoms with E-state index in [4.69, 9.17) is 4.74 Å². The highest BCUT2D eigenvalue weighted by Gasteiger charge is 2.35. The average molecular weight is 393 g/mol. The Hall–Kier alpha value is -2.82. The molecule has 0 amide bonds. The summed E-state index contributed by atoms with van der Waals surface area (Å²) in [5, 5.41) is 9.96. The van der Waals surface area contributed by atoms with Gasteiger partial charge in [-0.15, -0.1) is 0 Å². The predicted molar refractivity (Wildman–Crippen MR) is 81.3 cm³/mol. The van der Waals surface area contributed by atoms with Gasteiger partial charge in [0, 0.05) is 5.56 Å². The fraction of sp³-hybridized carbons (Fsp3) is 0.0667. The molecule has 5 nitrogen and oxygen atoms in total. The normalized spacial score (nSPS) is 16.5. The summed E-state index contributed by atoms with van der Waals surface area (Å²) in [5.41, 5.74) is -2.00. The van der Waals surface area contributed by atoms with Crippen molar-refractivity contribution in [2.75, 3.05) is 11.8 Å². The van der Waals surface area contributed by atoms with Gasteiger partial charge >= 0.3 is 0 Å². The van der Waals surface area contributed by atoms with Crippen LogP contribution in [0, 0.1) is 29.1 Å². The molecular weight excluding hydrogens is 385 g/mol. The van der Waals surface area contributed by atoms with E-state index in [0.29, 0.717) is 6.08 Å². The van der Waals surface area contributed by atoms with Crippen molar-refractivity contribution < 1.29 is 40.2 Å². The minimum absolute atomic E-state index is 0.0936. The zero-order chi connectivity index (χ0) is 19.4. The standard InChI is InChI=1S/C15H8F5NO4S/c1-25-7-3-2-5-8(26(23,24)21-14(5)15(7)22)4-6-9(16)11(18)13(20)12(19)10(6)17/h2-4,21-22H,1H3/b8-4-. The van der Waals surface area contributed by atoms with Crippen LogP contribution >= 0.6 is 0 Å². The molecule has 0 atom stereocenters. The van der Waals surface area contributed by atoms with Crippen molar-refractivity contribution in [3.05, 3.63) is 52.3 Å². The molecule has 138 valence electrons. The van der Waals surface area contributed by atoms with E-state index in [2.05, 4.69) is 0 Å². The summed E-state index contributed by atoms with van der Waals surface area (Å²) in [7, 11) is -3.23. The number of rotatable bonds is 2. The number of hydrogen-bond acceptors (Lipinski definition) is 4. The van der Waals surface area contributed by atoms with Crippen LogP contribution in [0.25, 0.3) is 11.0 Å². The highest BCUT2D eigenvalue weighted by molar-refractivity contribution is 8.02. The van der Waals surface area contributed by atoms with Crippen LogP contribution < -0.4 is 9.46 Å². The van der Waals surface area contributed by atoms with Crippen molar-refractivity contribution in [3.63, 3.8) is 0 Å². The molecule has 0 bridgehead atoms. The monoisotopic (exact) mass is 393 g/mol. The number of anilines is 1. The van der Waals surface area contributed by atoms with Gasteiger partial charge in [-0.25, -0.2) is 30.4 Å². The molecule has 11 heteroatoms. The summed E-state index contributed by atoms with van der Waals surface area (Å²) in [6, 6.07) is 2.31. The Balaban J connectivity index is 2.32. The van der Waals surface area contributed by atoms with Gasteiger partial charge in [-0.05, 0) is 18.2 Å². The first kappa shape index (κ1) is 18.0. The van der Waals surface area contributed by atoms with Crippen LogP contribution in [0.1, 0.15) is 11.1 Å². The molecule has 1 aliphatic rings. The first-order chi connectivity index (χ1) is 12.1. The van der Waals surface area contributed by atoms with Crippen LogP contribution in [0.2, 0.25) is 0 Å². The van der Waals surface area contributed by atoms with Gasteiger partial charge in [-0.2, -0.15) is 0 Å². The molecule has 0 saturated carbocycles. The van der Waals surface area contributed by atoms with Crippen LogP contribution in [0.4, 0.5) is 27.6 Å². The van der Waals surface area contributed by atoms with Gasteiger partial charge in [0.1, 0.15) is 5.69 Å². The lowest BCUT2D eigenvalue weighted by Gasteiger charge is -2.07. The van der Waals surface area contributed by atoms with Crippen LogP contribution in [0.5, 0.6) is 11.5 Å². The number of fused-ring (bicyclic) bond motifs is 1. The Morgan fingerprint density at radius 1 is 1.00 bits per heavy atom. The van der Waals surface area contributed by atoms with Crippen LogP contribution in [-0.2, 0) is 10.0 Å². The molecule has 1 heterocycles. The Morgan fingerprint density at radius 2 is 1.54 bits per heavy atom. The number of sulfonamides is 1. The van der Waals surface area contributed by atoms with Gasteiger partial charge < -0.3 is 9.84 Å². The third-order valence-electron chi connectivity index (χ3n) is 3.67. The maximum absolute atomic E-state index is 13.8. The van der Waals surface area contributed by atoms with Crippen molar-refractivity contribution in [2.45, 2.75) is 0 Å². The molecule has 0 spiro atoms. The Labute approximate surface area is 143 Å². The second-order valence-corrected chi connectivity index (χ2v) is 6.79. The van der Waals surface area contributed by atoms with E-state index >= 15 is 0 Å². The van der Waals surface area contributed by atoms with E-state index < -0.39 is 55.3 Å². The van der Waals surface area contributed by atoms with Gasteiger partial charge in [-0.1, -0.05) is 0 Å². The molecule has 26 heavy (non-hydrogen) atoms. The van der Waals surface area contributed by atoms with Gasteiger partial charge in [0.05, 0.1) is 17.6 Å². The number of hydrogen-bond donors (Lipinski definition) is 2. The Morgan fingerprint density at radius 3 is 2.08 bits per heavy atom. The average Bonchev–Trinajstić information content (AvgIpc) is 2.86. The third kappa shape index (κ3) is 2.46. The molecule has 2 aromatic rings. The molecule has 0 radical (unpaired) electrons. The fourth-order valence-electron chi connectivity index (χ4n) is 2.41. The molecule has 3 rings (SSSR count). The number of phenols is 1. The molecule has 0 saturated heterocycles. The summed E-state index contributed by atoms with van der Waals surface area (Å²) in [4.78, 5) is -0.784. The molecular formula is C15H8F5NO4S. The first-order valence-electron chi connectivity index (χ1n) is 6.76. The van der Waals surface area contributed by atoms with Crippen molar-refractivity contribution >= 4 is 26.7 Å². The second kappa shape index (κ2) is 5.87. The lowest BCUT2D eigenvalue weighted by atomic mass is 10.1. The molecule has 0 unspecified atom stereocenters. The SMILES string of the molecule is COc1ccc2c(c1O)NS(=O)(=O)/C2=C\c1c(F)c(F)c(F)c(F)c1F.